The number of sulfonamides is 1. The standard InChI is InChI=1S/C24H31N3O4S/c1-5-26-16-21(23-22(30-4)10-13-25-24(23)26)18-11-14-27(15-12-18)32(28,29)20-8-6-19(7-9-20)31-17(2)3/h6-10,13,16-18H,5,11-12,14-15H2,1-4H3. The van der Waals surface area contributed by atoms with Crippen LogP contribution in [0.25, 0.3) is 11.0 Å². The molecule has 1 aliphatic rings. The predicted molar refractivity (Wildman–Crippen MR) is 125 cm³/mol. The molecule has 3 heterocycles. The number of rotatable bonds is 7. The van der Waals surface area contributed by atoms with Crippen LogP contribution in [0.1, 0.15) is 45.1 Å². The van der Waals surface area contributed by atoms with Crippen LogP contribution in [0.5, 0.6) is 11.5 Å². The van der Waals surface area contributed by atoms with Crippen molar-refractivity contribution in [1.82, 2.24) is 13.9 Å². The molecular weight excluding hydrogens is 426 g/mol. The Balaban J connectivity index is 1.53. The molecule has 0 amide bonds. The van der Waals surface area contributed by atoms with E-state index in [4.69, 9.17) is 9.47 Å². The molecule has 1 saturated heterocycles. The Bertz CT molecular complexity index is 1180. The van der Waals surface area contributed by atoms with Gasteiger partial charge >= 0.3 is 0 Å². The van der Waals surface area contributed by atoms with Gasteiger partial charge in [0.1, 0.15) is 17.1 Å². The minimum absolute atomic E-state index is 0.0453. The van der Waals surface area contributed by atoms with E-state index in [-0.39, 0.29) is 12.0 Å². The summed E-state index contributed by atoms with van der Waals surface area (Å²) in [4.78, 5) is 4.87. The second-order valence-electron chi connectivity index (χ2n) is 8.40. The summed E-state index contributed by atoms with van der Waals surface area (Å²) < 4.78 is 41.3. The first-order valence-electron chi connectivity index (χ1n) is 11.1. The predicted octanol–water partition coefficient (Wildman–Crippen LogP) is 4.42. The Hall–Kier alpha value is -2.58. The molecule has 8 heteroatoms. The van der Waals surface area contributed by atoms with E-state index in [1.54, 1.807) is 41.9 Å². The van der Waals surface area contributed by atoms with Crippen LogP contribution in [-0.4, -0.2) is 48.6 Å². The highest BCUT2D eigenvalue weighted by Crippen LogP contribution is 2.39. The van der Waals surface area contributed by atoms with Crippen LogP contribution in [0.15, 0.2) is 47.6 Å². The Morgan fingerprint density at radius 3 is 2.41 bits per heavy atom. The van der Waals surface area contributed by atoms with Crippen LogP contribution in [-0.2, 0) is 16.6 Å². The van der Waals surface area contributed by atoms with E-state index in [0.29, 0.717) is 23.7 Å². The average molecular weight is 458 g/mol. The maximum absolute atomic E-state index is 13.2. The van der Waals surface area contributed by atoms with Crippen LogP contribution in [0.2, 0.25) is 0 Å². The number of ether oxygens (including phenoxy) is 2. The molecule has 0 spiro atoms. The number of nitrogens with zero attached hydrogens (tertiary/aromatic N) is 3. The van der Waals surface area contributed by atoms with Crippen molar-refractivity contribution in [3.8, 4) is 11.5 Å². The molecule has 0 radical (unpaired) electrons. The van der Waals surface area contributed by atoms with Gasteiger partial charge in [0.05, 0.1) is 23.5 Å². The van der Waals surface area contributed by atoms with E-state index in [9.17, 15) is 8.42 Å². The first-order valence-corrected chi connectivity index (χ1v) is 12.6. The monoisotopic (exact) mass is 457 g/mol. The van der Waals surface area contributed by atoms with Crippen LogP contribution in [0.3, 0.4) is 0 Å². The topological polar surface area (TPSA) is 73.7 Å². The largest absolute Gasteiger partial charge is 0.496 e. The summed E-state index contributed by atoms with van der Waals surface area (Å²) in [6, 6.07) is 8.59. The van der Waals surface area contributed by atoms with Crippen molar-refractivity contribution in [3.05, 3.63) is 48.3 Å². The third-order valence-corrected chi connectivity index (χ3v) is 7.95. The highest BCUT2D eigenvalue weighted by atomic mass is 32.2. The summed E-state index contributed by atoms with van der Waals surface area (Å²) in [5.41, 5.74) is 2.11. The summed E-state index contributed by atoms with van der Waals surface area (Å²) in [5.74, 6) is 1.75. The average Bonchev–Trinajstić information content (AvgIpc) is 3.18. The molecule has 3 aromatic rings. The quantitative estimate of drug-likeness (QED) is 0.525. The van der Waals surface area contributed by atoms with E-state index < -0.39 is 10.0 Å². The summed E-state index contributed by atoms with van der Waals surface area (Å²) in [7, 11) is -1.86. The van der Waals surface area contributed by atoms with Crippen LogP contribution >= 0.6 is 0 Å². The maximum atomic E-state index is 13.2. The van der Waals surface area contributed by atoms with Gasteiger partial charge in [0.25, 0.3) is 0 Å². The van der Waals surface area contributed by atoms with Gasteiger partial charge in [0.15, 0.2) is 0 Å². The Kier molecular flexibility index (Phi) is 6.44. The van der Waals surface area contributed by atoms with E-state index in [2.05, 4.69) is 22.7 Å². The fraction of sp³-hybridized carbons (Fsp3) is 0.458. The molecule has 0 N–H and O–H groups in total. The zero-order valence-electron chi connectivity index (χ0n) is 19.1. The van der Waals surface area contributed by atoms with Gasteiger partial charge in [-0.25, -0.2) is 13.4 Å². The number of fused-ring (bicyclic) bond motifs is 1. The summed E-state index contributed by atoms with van der Waals surface area (Å²) in [6.07, 6.45) is 5.49. The second kappa shape index (κ2) is 9.11. The molecule has 172 valence electrons. The van der Waals surface area contributed by atoms with Gasteiger partial charge in [-0.1, -0.05) is 0 Å². The zero-order chi connectivity index (χ0) is 22.9. The Morgan fingerprint density at radius 1 is 1.12 bits per heavy atom. The number of pyridine rings is 1. The summed E-state index contributed by atoms with van der Waals surface area (Å²) in [5, 5.41) is 1.04. The number of methoxy groups -OCH3 is 1. The zero-order valence-corrected chi connectivity index (χ0v) is 19.9. The first kappa shape index (κ1) is 22.6. The van der Waals surface area contributed by atoms with Crippen molar-refractivity contribution < 1.29 is 17.9 Å². The van der Waals surface area contributed by atoms with Gasteiger partial charge in [-0.3, -0.25) is 0 Å². The lowest BCUT2D eigenvalue weighted by Crippen LogP contribution is -2.37. The smallest absolute Gasteiger partial charge is 0.243 e. The minimum Gasteiger partial charge on any atom is -0.496 e. The number of aryl methyl sites for hydroxylation is 1. The lowest BCUT2D eigenvalue weighted by Gasteiger charge is -2.31. The van der Waals surface area contributed by atoms with Crippen LogP contribution in [0.4, 0.5) is 0 Å². The van der Waals surface area contributed by atoms with Crippen molar-refractivity contribution in [3.63, 3.8) is 0 Å². The molecule has 2 aromatic heterocycles. The van der Waals surface area contributed by atoms with Crippen LogP contribution < -0.4 is 9.47 Å². The fourth-order valence-corrected chi connectivity index (χ4v) is 5.93. The molecule has 4 rings (SSSR count). The van der Waals surface area contributed by atoms with E-state index >= 15 is 0 Å². The molecular formula is C24H31N3O4S. The van der Waals surface area contributed by atoms with Gasteiger partial charge in [-0.15, -0.1) is 0 Å². The lowest BCUT2D eigenvalue weighted by atomic mass is 9.90. The number of piperidine rings is 1. The van der Waals surface area contributed by atoms with Crippen molar-refractivity contribution in [2.24, 2.45) is 0 Å². The third-order valence-electron chi connectivity index (χ3n) is 6.04. The van der Waals surface area contributed by atoms with Crippen molar-refractivity contribution in [2.45, 2.75) is 57.1 Å². The van der Waals surface area contributed by atoms with E-state index in [0.717, 1.165) is 36.2 Å². The molecule has 0 unspecified atom stereocenters. The van der Waals surface area contributed by atoms with E-state index in [1.165, 1.54) is 5.56 Å². The molecule has 7 nitrogen and oxygen atoms in total. The highest BCUT2D eigenvalue weighted by molar-refractivity contribution is 7.89. The maximum Gasteiger partial charge on any atom is 0.243 e. The molecule has 0 bridgehead atoms. The molecule has 0 atom stereocenters. The van der Waals surface area contributed by atoms with Crippen LogP contribution in [0, 0.1) is 0 Å². The van der Waals surface area contributed by atoms with Gasteiger partial charge in [0.2, 0.25) is 10.0 Å². The van der Waals surface area contributed by atoms with Gasteiger partial charge in [-0.05, 0) is 75.4 Å². The Morgan fingerprint density at radius 2 is 1.81 bits per heavy atom. The van der Waals surface area contributed by atoms with Crippen molar-refractivity contribution in [2.75, 3.05) is 20.2 Å². The number of hydrogen-bond acceptors (Lipinski definition) is 5. The Labute approximate surface area is 190 Å². The second-order valence-corrected chi connectivity index (χ2v) is 10.3. The number of aromatic nitrogens is 2. The summed E-state index contributed by atoms with van der Waals surface area (Å²) in [6.45, 7) is 7.77. The van der Waals surface area contributed by atoms with Gasteiger partial charge in [-0.2, -0.15) is 4.31 Å². The molecule has 1 aliphatic heterocycles. The molecule has 32 heavy (non-hydrogen) atoms. The number of benzene rings is 1. The normalized spacial score (nSPS) is 16.0. The molecule has 1 fully saturated rings. The molecule has 0 aliphatic carbocycles. The highest BCUT2D eigenvalue weighted by Gasteiger charge is 2.32. The van der Waals surface area contributed by atoms with Crippen molar-refractivity contribution >= 4 is 21.1 Å². The first-order chi connectivity index (χ1) is 15.3. The van der Waals surface area contributed by atoms with Gasteiger partial charge in [0, 0.05) is 32.0 Å². The third kappa shape index (κ3) is 4.21. The summed E-state index contributed by atoms with van der Waals surface area (Å²) >= 11 is 0. The fourth-order valence-electron chi connectivity index (χ4n) is 4.46. The number of hydrogen-bond donors (Lipinski definition) is 0. The minimum atomic E-state index is -3.53. The molecule has 0 saturated carbocycles. The van der Waals surface area contributed by atoms with E-state index in [1.807, 2.05) is 19.9 Å². The molecule has 1 aromatic carbocycles. The lowest BCUT2D eigenvalue weighted by molar-refractivity contribution is 0.242. The SMILES string of the molecule is CCn1cc(C2CCN(S(=O)(=O)c3ccc(OC(C)C)cc3)CC2)c2c(OC)ccnc21. The van der Waals surface area contributed by atoms with Gasteiger partial charge < -0.3 is 14.0 Å². The van der Waals surface area contributed by atoms with Crippen molar-refractivity contribution in [1.29, 1.82) is 0 Å².